The van der Waals surface area contributed by atoms with E-state index in [-0.39, 0.29) is 86.0 Å². The number of fused-ring (bicyclic) bond motifs is 6. The minimum absolute atomic E-state index is 0.0485. The van der Waals surface area contributed by atoms with Gasteiger partial charge in [0.2, 0.25) is 17.7 Å². The molecule has 0 radical (unpaired) electrons. The Labute approximate surface area is 308 Å². The number of aromatic hydroxyl groups is 1. The fourth-order valence-electron chi connectivity index (χ4n) is 9.53. The van der Waals surface area contributed by atoms with E-state index in [1.165, 1.54) is 12.0 Å². The molecule has 3 aliphatic carbocycles. The fraction of sp³-hybridized carbons (Fsp3) is 0.564. The van der Waals surface area contributed by atoms with Crippen LogP contribution in [0.5, 0.6) is 5.75 Å². The summed E-state index contributed by atoms with van der Waals surface area (Å²) in [6.07, 6.45) is 3.57. The van der Waals surface area contributed by atoms with Gasteiger partial charge < -0.3 is 25.0 Å². The Morgan fingerprint density at radius 2 is 1.79 bits per heavy atom. The van der Waals surface area contributed by atoms with Gasteiger partial charge in [-0.1, -0.05) is 19.1 Å². The number of anilines is 1. The third-order valence-electron chi connectivity index (χ3n) is 12.1. The van der Waals surface area contributed by atoms with Crippen molar-refractivity contribution in [3.05, 3.63) is 58.7 Å². The third-order valence-corrected chi connectivity index (χ3v) is 12.1. The Morgan fingerprint density at radius 1 is 1.00 bits per heavy atom. The van der Waals surface area contributed by atoms with Gasteiger partial charge in [0.1, 0.15) is 11.8 Å². The Bertz CT molecular complexity index is 1780. The summed E-state index contributed by atoms with van der Waals surface area (Å²) in [6, 6.07) is 9.40. The number of nitrogens with zero attached hydrogens (tertiary/aromatic N) is 2. The van der Waals surface area contributed by atoms with Crippen molar-refractivity contribution < 1.29 is 48.5 Å². The second-order valence-electron chi connectivity index (χ2n) is 15.1. The summed E-state index contributed by atoms with van der Waals surface area (Å²) in [5, 5.41) is 28.0. The van der Waals surface area contributed by atoms with E-state index in [9.17, 15) is 34.2 Å². The van der Waals surface area contributed by atoms with Gasteiger partial charge in [0.25, 0.3) is 11.8 Å². The molecule has 53 heavy (non-hydrogen) atoms. The number of hydrogen-bond donors (Lipinski definition) is 4. The number of carbonyl (C=O) groups is 5. The SMILES string of the molecule is CC(=O)N(CCOCCOCCNc1cccc2c1C(=O)N(C1CCC(=O)NC1=O)C2=O)OC1CC2(C)C(O)CCC2C2CCc3cc(O)ccc3C12. The number of imide groups is 2. The summed E-state index contributed by atoms with van der Waals surface area (Å²) in [5.74, 6) is -1.50. The van der Waals surface area contributed by atoms with Crippen LogP contribution < -0.4 is 10.6 Å². The summed E-state index contributed by atoms with van der Waals surface area (Å²) in [6.45, 7) is 5.25. The Balaban J connectivity index is 0.877. The maximum absolute atomic E-state index is 13.3. The van der Waals surface area contributed by atoms with E-state index in [1.54, 1.807) is 24.3 Å². The van der Waals surface area contributed by atoms with Crippen LogP contribution in [0.1, 0.15) is 90.1 Å². The molecule has 4 N–H and O–H groups in total. The number of hydrogen-bond acceptors (Lipinski definition) is 11. The predicted molar refractivity (Wildman–Crippen MR) is 190 cm³/mol. The van der Waals surface area contributed by atoms with Crippen LogP contribution in [0.4, 0.5) is 5.69 Å². The molecule has 5 aliphatic rings. The van der Waals surface area contributed by atoms with E-state index in [0.717, 1.165) is 41.7 Å². The van der Waals surface area contributed by atoms with Crippen molar-refractivity contribution in [3.8, 4) is 5.75 Å². The topological polar surface area (TPSA) is 184 Å². The smallest absolute Gasteiger partial charge is 0.264 e. The van der Waals surface area contributed by atoms with Crippen molar-refractivity contribution in [3.63, 3.8) is 0 Å². The largest absolute Gasteiger partial charge is 0.508 e. The van der Waals surface area contributed by atoms with Crippen molar-refractivity contribution in [2.45, 2.75) is 83.0 Å². The second kappa shape index (κ2) is 15.2. The van der Waals surface area contributed by atoms with Gasteiger partial charge >= 0.3 is 0 Å². The molecular weight excluding hydrogens is 684 g/mol. The van der Waals surface area contributed by atoms with Crippen molar-refractivity contribution in [1.29, 1.82) is 0 Å². The molecule has 7 atom stereocenters. The average Bonchev–Trinajstić information content (AvgIpc) is 3.57. The van der Waals surface area contributed by atoms with E-state index in [1.807, 2.05) is 12.1 Å². The van der Waals surface area contributed by atoms with Gasteiger partial charge in [-0.15, -0.1) is 0 Å². The van der Waals surface area contributed by atoms with Crippen LogP contribution in [0.25, 0.3) is 0 Å². The summed E-state index contributed by atoms with van der Waals surface area (Å²) in [4.78, 5) is 70.6. The van der Waals surface area contributed by atoms with Crippen molar-refractivity contribution in [2.75, 3.05) is 44.8 Å². The summed E-state index contributed by atoms with van der Waals surface area (Å²) >= 11 is 0. The first-order valence-electron chi connectivity index (χ1n) is 18.7. The maximum atomic E-state index is 13.3. The van der Waals surface area contributed by atoms with Crippen LogP contribution in [0.2, 0.25) is 0 Å². The molecule has 0 aromatic heterocycles. The molecule has 14 heteroatoms. The number of aliphatic hydroxyl groups is 1. The summed E-state index contributed by atoms with van der Waals surface area (Å²) in [7, 11) is 0. The van der Waals surface area contributed by atoms with Gasteiger partial charge in [-0.3, -0.25) is 39.0 Å². The molecule has 1 saturated heterocycles. The van der Waals surface area contributed by atoms with Crippen LogP contribution >= 0.6 is 0 Å². The highest BCUT2D eigenvalue weighted by atomic mass is 16.7. The molecule has 7 unspecified atom stereocenters. The molecule has 2 saturated carbocycles. The second-order valence-corrected chi connectivity index (χ2v) is 15.1. The normalized spacial score (nSPS) is 28.9. The highest BCUT2D eigenvalue weighted by molar-refractivity contribution is 6.25. The Kier molecular flexibility index (Phi) is 10.6. The molecule has 2 heterocycles. The number of aryl methyl sites for hydroxylation is 1. The van der Waals surface area contributed by atoms with E-state index in [0.29, 0.717) is 30.5 Å². The molecule has 2 aliphatic heterocycles. The van der Waals surface area contributed by atoms with Crippen LogP contribution in [0, 0.1) is 17.3 Å². The molecule has 0 bridgehead atoms. The van der Waals surface area contributed by atoms with Crippen molar-refractivity contribution in [2.24, 2.45) is 17.3 Å². The van der Waals surface area contributed by atoms with Crippen LogP contribution in [0.3, 0.4) is 0 Å². The minimum atomic E-state index is -1.03. The van der Waals surface area contributed by atoms with Crippen LogP contribution in [-0.4, -0.2) is 107 Å². The quantitative estimate of drug-likeness (QED) is 0.135. The van der Waals surface area contributed by atoms with E-state index >= 15 is 0 Å². The zero-order valence-electron chi connectivity index (χ0n) is 30.2. The van der Waals surface area contributed by atoms with Crippen LogP contribution in [-0.2, 0) is 35.1 Å². The standard InChI is InChI=1S/C39H48N4O10/c1-22(44)42(53-31-21-39(2)28(10-12-32(39)46)26-8-6-23-20-24(45)7-9-25(23)34(26)31)15-17-52-19-18-51-16-14-40-29-5-3-4-27-35(29)38(50)43(37(27)49)30-11-13-33(47)41-36(30)48/h3-5,7,9,20,26,28,30-32,34,40,45-46H,6,8,10-19,21H2,1-2H3,(H,41,47,48). The first kappa shape index (κ1) is 37.0. The predicted octanol–water partition coefficient (Wildman–Crippen LogP) is 2.91. The van der Waals surface area contributed by atoms with Gasteiger partial charge in [0, 0.05) is 31.5 Å². The van der Waals surface area contributed by atoms with Crippen molar-refractivity contribution >= 4 is 35.2 Å². The molecule has 14 nitrogen and oxygen atoms in total. The van der Waals surface area contributed by atoms with Gasteiger partial charge in [0.15, 0.2) is 0 Å². The number of amides is 5. The molecule has 7 rings (SSSR count). The van der Waals surface area contributed by atoms with Gasteiger partial charge in [-0.05, 0) is 91.2 Å². The lowest BCUT2D eigenvalue weighted by Gasteiger charge is -2.53. The van der Waals surface area contributed by atoms with E-state index in [4.69, 9.17) is 14.3 Å². The maximum Gasteiger partial charge on any atom is 0.264 e. The number of aliphatic hydroxyl groups excluding tert-OH is 1. The number of ether oxygens (including phenoxy) is 2. The Hall–Kier alpha value is -4.37. The Morgan fingerprint density at radius 3 is 2.57 bits per heavy atom. The number of rotatable bonds is 13. The summed E-state index contributed by atoms with van der Waals surface area (Å²) < 4.78 is 11.5. The first-order chi connectivity index (χ1) is 25.5. The molecule has 284 valence electrons. The average molecular weight is 733 g/mol. The number of carbonyl (C=O) groups excluding carboxylic acids is 5. The number of phenolic OH excluding ortho intramolecular Hbond substituents is 1. The molecule has 5 amide bonds. The minimum Gasteiger partial charge on any atom is -0.508 e. The van der Waals surface area contributed by atoms with Crippen LogP contribution in [0.15, 0.2) is 36.4 Å². The summed E-state index contributed by atoms with van der Waals surface area (Å²) in [5.41, 5.74) is 2.81. The lowest BCUT2D eigenvalue weighted by Crippen LogP contribution is -2.54. The third kappa shape index (κ3) is 7.05. The lowest BCUT2D eigenvalue weighted by molar-refractivity contribution is -0.234. The molecule has 0 spiro atoms. The van der Waals surface area contributed by atoms with E-state index < -0.39 is 35.8 Å². The van der Waals surface area contributed by atoms with Gasteiger partial charge in [0.05, 0.1) is 56.3 Å². The van der Waals surface area contributed by atoms with Crippen molar-refractivity contribution in [1.82, 2.24) is 15.3 Å². The zero-order valence-corrected chi connectivity index (χ0v) is 30.2. The number of piperidine rings is 1. The first-order valence-corrected chi connectivity index (χ1v) is 18.7. The number of hydroxylamine groups is 2. The number of nitrogens with one attached hydrogen (secondary N) is 2. The molecular formula is C39H48N4O10. The monoisotopic (exact) mass is 732 g/mol. The van der Waals surface area contributed by atoms with Gasteiger partial charge in [-0.25, -0.2) is 5.06 Å². The molecule has 3 fully saturated rings. The fourth-order valence-corrected chi connectivity index (χ4v) is 9.53. The molecule has 2 aromatic rings. The molecule has 2 aromatic carbocycles. The zero-order chi connectivity index (χ0) is 37.4. The van der Waals surface area contributed by atoms with E-state index in [2.05, 4.69) is 17.6 Å². The number of benzene rings is 2. The highest BCUT2D eigenvalue weighted by Crippen LogP contribution is 2.61. The number of phenols is 1. The lowest BCUT2D eigenvalue weighted by atomic mass is 9.54. The van der Waals surface area contributed by atoms with Gasteiger partial charge in [-0.2, -0.15) is 0 Å². The highest BCUT2D eigenvalue weighted by Gasteiger charge is 2.58.